The summed E-state index contributed by atoms with van der Waals surface area (Å²) in [5.74, 6) is 0. The van der Waals surface area contributed by atoms with E-state index in [9.17, 15) is 0 Å². The minimum absolute atomic E-state index is 0.390. The molecule has 0 bridgehead atoms. The summed E-state index contributed by atoms with van der Waals surface area (Å²) < 4.78 is 0. The summed E-state index contributed by atoms with van der Waals surface area (Å²) in [6, 6.07) is 9.13. The van der Waals surface area contributed by atoms with Gasteiger partial charge >= 0.3 is 0 Å². The van der Waals surface area contributed by atoms with E-state index in [1.807, 2.05) is 0 Å². The first-order valence-corrected chi connectivity index (χ1v) is 6.92. The molecule has 0 saturated carbocycles. The number of aromatic nitrogens is 2. The van der Waals surface area contributed by atoms with Gasteiger partial charge in [0.05, 0.1) is 6.04 Å². The average Bonchev–Trinajstić information content (AvgIpc) is 2.78. The van der Waals surface area contributed by atoms with Gasteiger partial charge in [0.15, 0.2) is 0 Å². The molecule has 1 heterocycles. The van der Waals surface area contributed by atoms with Crippen molar-refractivity contribution in [3.63, 3.8) is 0 Å². The van der Waals surface area contributed by atoms with Crippen LogP contribution in [0.5, 0.6) is 0 Å². The quantitative estimate of drug-likeness (QED) is 0.824. The summed E-state index contributed by atoms with van der Waals surface area (Å²) in [4.78, 5) is 0. The Morgan fingerprint density at radius 3 is 3.06 bits per heavy atom. The van der Waals surface area contributed by atoms with Crippen molar-refractivity contribution in [1.82, 2.24) is 10.2 Å². The third-order valence-electron chi connectivity index (χ3n) is 3.28. The van der Waals surface area contributed by atoms with Crippen molar-refractivity contribution in [2.24, 2.45) is 0 Å². The van der Waals surface area contributed by atoms with E-state index in [0.717, 1.165) is 5.13 Å². The number of nitrogens with one attached hydrogen (secondary N) is 1. The topological polar surface area (TPSA) is 37.8 Å². The summed E-state index contributed by atoms with van der Waals surface area (Å²) in [6.07, 6.45) is 4.93. The number of nitrogens with zero attached hydrogens (tertiary/aromatic N) is 2. The molecule has 0 spiro atoms. The third kappa shape index (κ3) is 2.31. The van der Waals surface area contributed by atoms with Crippen LogP contribution in [0.15, 0.2) is 29.8 Å². The van der Waals surface area contributed by atoms with Crippen molar-refractivity contribution < 1.29 is 0 Å². The molecule has 0 amide bonds. The van der Waals surface area contributed by atoms with Crippen LogP contribution in [0, 0.1) is 0 Å². The second-order valence-corrected chi connectivity index (χ2v) is 5.22. The Labute approximate surface area is 105 Å². The van der Waals surface area contributed by atoms with Crippen molar-refractivity contribution in [3.05, 3.63) is 40.9 Å². The van der Waals surface area contributed by atoms with Gasteiger partial charge in [-0.05, 0) is 30.4 Å². The van der Waals surface area contributed by atoms with Gasteiger partial charge in [-0.15, -0.1) is 10.2 Å². The van der Waals surface area contributed by atoms with E-state index in [1.165, 1.54) is 36.8 Å². The maximum absolute atomic E-state index is 4.07. The highest BCUT2D eigenvalue weighted by Crippen LogP contribution is 2.31. The van der Waals surface area contributed by atoms with Crippen LogP contribution in [0.25, 0.3) is 0 Å². The number of anilines is 1. The van der Waals surface area contributed by atoms with Crippen molar-refractivity contribution in [3.8, 4) is 0 Å². The summed E-state index contributed by atoms with van der Waals surface area (Å²) >= 11 is 1.56. The summed E-state index contributed by atoms with van der Waals surface area (Å²) in [5.41, 5.74) is 4.68. The summed E-state index contributed by atoms with van der Waals surface area (Å²) in [6.45, 7) is 0. The number of hydrogen-bond acceptors (Lipinski definition) is 4. The molecule has 1 aromatic carbocycles. The molecule has 1 unspecified atom stereocenters. The van der Waals surface area contributed by atoms with Crippen LogP contribution < -0.4 is 5.32 Å². The molecular weight excluding hydrogens is 230 g/mol. The van der Waals surface area contributed by atoms with Crippen LogP contribution in [-0.2, 0) is 6.42 Å². The molecule has 17 heavy (non-hydrogen) atoms. The molecule has 3 rings (SSSR count). The largest absolute Gasteiger partial charge is 0.353 e. The zero-order valence-electron chi connectivity index (χ0n) is 9.60. The van der Waals surface area contributed by atoms with Crippen LogP contribution in [0.1, 0.15) is 36.4 Å². The smallest absolute Gasteiger partial charge is 0.205 e. The second-order valence-electron chi connectivity index (χ2n) is 4.39. The van der Waals surface area contributed by atoms with Crippen LogP contribution in [0.4, 0.5) is 5.13 Å². The van der Waals surface area contributed by atoms with Crippen LogP contribution in [0.3, 0.4) is 0 Å². The molecule has 0 saturated heterocycles. The fourth-order valence-electron chi connectivity index (χ4n) is 2.46. The van der Waals surface area contributed by atoms with E-state index in [-0.39, 0.29) is 0 Å². The maximum atomic E-state index is 4.07. The Hall–Kier alpha value is -1.42. The van der Waals surface area contributed by atoms with Gasteiger partial charge in [0, 0.05) is 0 Å². The number of fused-ring (bicyclic) bond motifs is 1. The van der Waals surface area contributed by atoms with Gasteiger partial charge in [0.2, 0.25) is 5.13 Å². The van der Waals surface area contributed by atoms with E-state index in [4.69, 9.17) is 0 Å². The van der Waals surface area contributed by atoms with E-state index in [0.29, 0.717) is 6.04 Å². The lowest BCUT2D eigenvalue weighted by Crippen LogP contribution is -2.11. The van der Waals surface area contributed by atoms with E-state index < -0.39 is 0 Å². The van der Waals surface area contributed by atoms with Crippen LogP contribution in [0.2, 0.25) is 0 Å². The Balaban J connectivity index is 1.89. The van der Waals surface area contributed by atoms with Crippen molar-refractivity contribution in [2.45, 2.75) is 31.7 Å². The summed E-state index contributed by atoms with van der Waals surface area (Å²) in [5, 5.41) is 12.4. The monoisotopic (exact) mass is 245 g/mol. The number of rotatable bonds is 2. The molecule has 1 N–H and O–H groups in total. The Kier molecular flexibility index (Phi) is 3.05. The SMILES string of the molecule is c1ccc2c(c1)CCCCC2Nc1nncs1. The fourth-order valence-corrected chi connectivity index (χ4v) is 2.95. The van der Waals surface area contributed by atoms with Gasteiger partial charge in [-0.3, -0.25) is 0 Å². The highest BCUT2D eigenvalue weighted by molar-refractivity contribution is 7.13. The standard InChI is InChI=1S/C13H15N3S/c1-3-7-11-10(5-1)6-2-4-8-12(11)15-13-16-14-9-17-13/h1,3,5,7,9,12H,2,4,6,8H2,(H,15,16). The summed E-state index contributed by atoms with van der Waals surface area (Å²) in [7, 11) is 0. The molecule has 4 heteroatoms. The van der Waals surface area contributed by atoms with Gasteiger partial charge in [-0.1, -0.05) is 42.0 Å². The van der Waals surface area contributed by atoms with Crippen LogP contribution in [-0.4, -0.2) is 10.2 Å². The van der Waals surface area contributed by atoms with Gasteiger partial charge < -0.3 is 5.32 Å². The molecule has 1 atom stereocenters. The molecule has 0 radical (unpaired) electrons. The Bertz CT molecular complexity index is 481. The lowest BCUT2D eigenvalue weighted by atomic mass is 9.99. The van der Waals surface area contributed by atoms with E-state index >= 15 is 0 Å². The van der Waals surface area contributed by atoms with Crippen molar-refractivity contribution >= 4 is 16.5 Å². The zero-order valence-corrected chi connectivity index (χ0v) is 10.4. The maximum Gasteiger partial charge on any atom is 0.205 e. The second kappa shape index (κ2) is 4.84. The molecule has 1 aliphatic carbocycles. The minimum Gasteiger partial charge on any atom is -0.353 e. The Morgan fingerprint density at radius 2 is 2.18 bits per heavy atom. The molecule has 0 aliphatic heterocycles. The lowest BCUT2D eigenvalue weighted by Gasteiger charge is -2.18. The Morgan fingerprint density at radius 1 is 1.24 bits per heavy atom. The van der Waals surface area contributed by atoms with Crippen molar-refractivity contribution in [1.29, 1.82) is 0 Å². The third-order valence-corrected chi connectivity index (χ3v) is 3.90. The van der Waals surface area contributed by atoms with Gasteiger partial charge in [0.1, 0.15) is 5.51 Å². The highest BCUT2D eigenvalue weighted by atomic mass is 32.1. The van der Waals surface area contributed by atoms with Gasteiger partial charge in [-0.25, -0.2) is 0 Å². The number of hydrogen-bond donors (Lipinski definition) is 1. The first-order chi connectivity index (χ1) is 8.43. The van der Waals surface area contributed by atoms with Crippen LogP contribution >= 0.6 is 11.3 Å². The predicted octanol–water partition coefficient (Wildman–Crippen LogP) is 3.42. The van der Waals surface area contributed by atoms with Crippen molar-refractivity contribution in [2.75, 3.05) is 5.32 Å². The normalized spacial score (nSPS) is 19.4. The number of aryl methyl sites for hydroxylation is 1. The molecule has 3 nitrogen and oxygen atoms in total. The average molecular weight is 245 g/mol. The fraction of sp³-hybridized carbons (Fsp3) is 0.385. The molecule has 0 fully saturated rings. The van der Waals surface area contributed by atoms with Gasteiger partial charge in [0.25, 0.3) is 0 Å². The molecule has 1 aliphatic rings. The molecule has 88 valence electrons. The van der Waals surface area contributed by atoms with Gasteiger partial charge in [-0.2, -0.15) is 0 Å². The highest BCUT2D eigenvalue weighted by Gasteiger charge is 2.18. The first kappa shape index (κ1) is 10.7. The molecular formula is C13H15N3S. The lowest BCUT2D eigenvalue weighted by molar-refractivity contribution is 0.643. The molecule has 1 aromatic heterocycles. The number of benzene rings is 1. The molecule has 2 aromatic rings. The van der Waals surface area contributed by atoms with E-state index in [1.54, 1.807) is 16.8 Å². The van der Waals surface area contributed by atoms with E-state index in [2.05, 4.69) is 39.8 Å². The zero-order chi connectivity index (χ0) is 11.5. The predicted molar refractivity (Wildman–Crippen MR) is 70.3 cm³/mol. The minimum atomic E-state index is 0.390. The first-order valence-electron chi connectivity index (χ1n) is 6.04.